The average Bonchev–Trinajstić information content (AvgIpc) is 2.73. The molecule has 0 saturated heterocycles. The van der Waals surface area contributed by atoms with Gasteiger partial charge in [-0.15, -0.1) is 0 Å². The van der Waals surface area contributed by atoms with Gasteiger partial charge in [-0.1, -0.05) is 70.2 Å². The van der Waals surface area contributed by atoms with Crippen molar-refractivity contribution >= 4 is 12.3 Å². The highest BCUT2D eigenvalue weighted by Crippen LogP contribution is 2.23. The number of aldehydes is 1. The lowest BCUT2D eigenvalue weighted by atomic mass is 9.91. The Hall–Kier alpha value is -2.20. The summed E-state index contributed by atoms with van der Waals surface area (Å²) in [5.74, 6) is 0.0572. The van der Waals surface area contributed by atoms with E-state index in [0.29, 0.717) is 24.0 Å². The molecule has 31 heavy (non-hydrogen) atoms. The van der Waals surface area contributed by atoms with E-state index in [0.717, 1.165) is 23.9 Å². The molecule has 4 nitrogen and oxygen atoms in total. The van der Waals surface area contributed by atoms with Crippen molar-refractivity contribution in [1.82, 2.24) is 0 Å². The molecule has 0 aliphatic rings. The molecule has 0 fully saturated rings. The highest BCUT2D eigenvalue weighted by atomic mass is 16.5. The van der Waals surface area contributed by atoms with Crippen LogP contribution >= 0.6 is 0 Å². The SMILES string of the molecule is C=C/C=C(\CC)C(=O)O[C@@H](C/C=C(C)/C=C(\C)[C@H](OC)[C@H](/C=C(/C)C=O)CC)C(C)C. The molecule has 0 spiro atoms. The fourth-order valence-corrected chi connectivity index (χ4v) is 3.44. The van der Waals surface area contributed by atoms with E-state index in [1.54, 1.807) is 19.3 Å². The molecule has 0 amide bonds. The molecule has 0 aromatic carbocycles. The molecule has 0 rings (SSSR count). The van der Waals surface area contributed by atoms with Crippen molar-refractivity contribution < 1.29 is 19.1 Å². The van der Waals surface area contributed by atoms with Crippen molar-refractivity contribution in [3.8, 4) is 0 Å². The van der Waals surface area contributed by atoms with Crippen molar-refractivity contribution in [2.24, 2.45) is 11.8 Å². The Morgan fingerprint density at radius 3 is 2.19 bits per heavy atom. The number of methoxy groups -OCH3 is 1. The van der Waals surface area contributed by atoms with Gasteiger partial charge in [-0.05, 0) is 50.7 Å². The van der Waals surface area contributed by atoms with Crippen molar-refractivity contribution in [1.29, 1.82) is 0 Å². The number of carbonyl (C=O) groups is 2. The van der Waals surface area contributed by atoms with E-state index in [1.165, 1.54) is 0 Å². The molecular weight excluding hydrogens is 388 g/mol. The summed E-state index contributed by atoms with van der Waals surface area (Å²) in [4.78, 5) is 23.4. The summed E-state index contributed by atoms with van der Waals surface area (Å²) in [6.07, 6.45) is 12.2. The van der Waals surface area contributed by atoms with Gasteiger partial charge in [0.05, 0.1) is 6.10 Å². The minimum absolute atomic E-state index is 0.0990. The van der Waals surface area contributed by atoms with Crippen LogP contribution < -0.4 is 0 Å². The fraction of sp³-hybridized carbons (Fsp3) is 0.556. The van der Waals surface area contributed by atoms with Crippen LogP contribution in [0, 0.1) is 11.8 Å². The molecule has 0 saturated carbocycles. The van der Waals surface area contributed by atoms with Crippen LogP contribution in [-0.2, 0) is 19.1 Å². The lowest BCUT2D eigenvalue weighted by Gasteiger charge is -2.24. The molecule has 3 atom stereocenters. The van der Waals surface area contributed by atoms with Crippen LogP contribution in [0.1, 0.15) is 67.7 Å². The first-order valence-electron chi connectivity index (χ1n) is 11.2. The van der Waals surface area contributed by atoms with E-state index in [1.807, 2.05) is 33.8 Å². The van der Waals surface area contributed by atoms with Gasteiger partial charge in [0.1, 0.15) is 12.4 Å². The molecule has 0 aliphatic carbocycles. The minimum Gasteiger partial charge on any atom is -0.458 e. The second kappa shape index (κ2) is 15.6. The Morgan fingerprint density at radius 1 is 1.10 bits per heavy atom. The van der Waals surface area contributed by atoms with Gasteiger partial charge in [-0.2, -0.15) is 0 Å². The first-order valence-corrected chi connectivity index (χ1v) is 11.2. The van der Waals surface area contributed by atoms with Crippen molar-refractivity contribution in [3.63, 3.8) is 0 Å². The van der Waals surface area contributed by atoms with Gasteiger partial charge in [-0.3, -0.25) is 4.79 Å². The van der Waals surface area contributed by atoms with Crippen LogP contribution in [0.2, 0.25) is 0 Å². The molecular formula is C27H42O4. The Labute approximate surface area is 189 Å². The van der Waals surface area contributed by atoms with Crippen LogP contribution in [0.5, 0.6) is 0 Å². The van der Waals surface area contributed by atoms with Gasteiger partial charge in [0.25, 0.3) is 0 Å². The Morgan fingerprint density at radius 2 is 1.74 bits per heavy atom. The van der Waals surface area contributed by atoms with Gasteiger partial charge in [0.2, 0.25) is 0 Å². The van der Waals surface area contributed by atoms with E-state index < -0.39 is 0 Å². The summed E-state index contributed by atoms with van der Waals surface area (Å²) in [6, 6.07) is 0. The number of ether oxygens (including phenoxy) is 2. The van der Waals surface area contributed by atoms with Gasteiger partial charge in [0, 0.05) is 25.0 Å². The van der Waals surface area contributed by atoms with Gasteiger partial charge < -0.3 is 9.47 Å². The maximum Gasteiger partial charge on any atom is 0.334 e. The van der Waals surface area contributed by atoms with Gasteiger partial charge in [-0.25, -0.2) is 4.79 Å². The predicted octanol–water partition coefficient (Wildman–Crippen LogP) is 6.55. The normalized spacial score (nSPS) is 16.7. The number of allylic oxidation sites excluding steroid dienone is 5. The standard InChI is InChI=1S/C27H42O4/c1-10-13-23(11-2)27(29)31-25(19(4)5)15-14-20(6)16-22(8)26(30-9)24(12-3)17-21(7)18-28/h10,13-14,16-19,24-26H,1,11-12,15H2,2-9H3/b20-14+,21-17-,22-16+,23-13+/t24-,25-,26-/m0/s1. The molecule has 0 aromatic rings. The highest BCUT2D eigenvalue weighted by molar-refractivity contribution is 5.88. The summed E-state index contributed by atoms with van der Waals surface area (Å²) in [6.45, 7) is 17.7. The van der Waals surface area contributed by atoms with Gasteiger partial charge >= 0.3 is 5.97 Å². The highest BCUT2D eigenvalue weighted by Gasteiger charge is 2.21. The topological polar surface area (TPSA) is 52.6 Å². The number of hydrogen-bond donors (Lipinski definition) is 0. The molecule has 4 heteroatoms. The van der Waals surface area contributed by atoms with Crippen molar-refractivity contribution in [3.05, 3.63) is 59.3 Å². The van der Waals surface area contributed by atoms with E-state index in [2.05, 4.69) is 39.5 Å². The van der Waals surface area contributed by atoms with Crippen LogP contribution in [0.4, 0.5) is 0 Å². The smallest absolute Gasteiger partial charge is 0.334 e. The van der Waals surface area contributed by atoms with E-state index >= 15 is 0 Å². The zero-order valence-electron chi connectivity index (χ0n) is 20.7. The second-order valence-corrected chi connectivity index (χ2v) is 8.30. The van der Waals surface area contributed by atoms with E-state index in [9.17, 15) is 9.59 Å². The third kappa shape index (κ3) is 10.6. The molecule has 0 aromatic heterocycles. The molecule has 0 unspecified atom stereocenters. The quantitative estimate of drug-likeness (QED) is 0.136. The second-order valence-electron chi connectivity index (χ2n) is 8.30. The number of rotatable bonds is 14. The number of carbonyl (C=O) groups excluding carboxylic acids is 2. The number of esters is 1. The number of hydrogen-bond acceptors (Lipinski definition) is 4. The first kappa shape index (κ1) is 28.8. The van der Waals surface area contributed by atoms with Crippen molar-refractivity contribution in [2.45, 2.75) is 79.9 Å². The average molecular weight is 431 g/mol. The van der Waals surface area contributed by atoms with E-state index in [4.69, 9.17) is 9.47 Å². The summed E-state index contributed by atoms with van der Waals surface area (Å²) in [5.41, 5.74) is 3.53. The minimum atomic E-state index is -0.276. The summed E-state index contributed by atoms with van der Waals surface area (Å²) < 4.78 is 11.5. The molecule has 0 radical (unpaired) electrons. The van der Waals surface area contributed by atoms with Crippen molar-refractivity contribution in [2.75, 3.05) is 7.11 Å². The predicted molar refractivity (Wildman–Crippen MR) is 130 cm³/mol. The molecule has 174 valence electrons. The molecule has 0 heterocycles. The Kier molecular flexibility index (Phi) is 14.5. The Bertz CT molecular complexity index is 707. The summed E-state index contributed by atoms with van der Waals surface area (Å²) >= 11 is 0. The monoisotopic (exact) mass is 430 g/mol. The zero-order valence-corrected chi connectivity index (χ0v) is 20.7. The third-order valence-electron chi connectivity index (χ3n) is 5.32. The van der Waals surface area contributed by atoms with Crippen LogP contribution in [0.15, 0.2) is 59.3 Å². The summed E-state index contributed by atoms with van der Waals surface area (Å²) in [5, 5.41) is 0. The van der Waals surface area contributed by atoms with Crippen LogP contribution in [-0.4, -0.2) is 31.6 Å². The largest absolute Gasteiger partial charge is 0.458 e. The molecule has 0 N–H and O–H groups in total. The van der Waals surface area contributed by atoms with E-state index in [-0.39, 0.29) is 30.0 Å². The molecule has 0 bridgehead atoms. The third-order valence-corrected chi connectivity index (χ3v) is 5.32. The van der Waals surface area contributed by atoms with Crippen LogP contribution in [0.25, 0.3) is 0 Å². The van der Waals surface area contributed by atoms with Crippen LogP contribution in [0.3, 0.4) is 0 Å². The maximum atomic E-state index is 12.4. The zero-order chi connectivity index (χ0) is 24.0. The fourth-order valence-electron chi connectivity index (χ4n) is 3.44. The summed E-state index contributed by atoms with van der Waals surface area (Å²) in [7, 11) is 1.70. The molecule has 0 aliphatic heterocycles. The Balaban J connectivity index is 5.45. The maximum absolute atomic E-state index is 12.4. The van der Waals surface area contributed by atoms with Gasteiger partial charge in [0.15, 0.2) is 0 Å². The lowest BCUT2D eigenvalue weighted by Crippen LogP contribution is -2.24. The lowest BCUT2D eigenvalue weighted by molar-refractivity contribution is -0.146. The first-order chi connectivity index (χ1) is 14.6.